The fourth-order valence-corrected chi connectivity index (χ4v) is 2.80. The van der Waals surface area contributed by atoms with E-state index in [9.17, 15) is 0 Å². The lowest BCUT2D eigenvalue weighted by atomic mass is 9.93. The molecule has 3 nitrogen and oxygen atoms in total. The van der Waals surface area contributed by atoms with Crippen molar-refractivity contribution in [1.82, 2.24) is 0 Å². The lowest BCUT2D eigenvalue weighted by molar-refractivity contribution is 1.07. The molecule has 0 saturated heterocycles. The Morgan fingerprint density at radius 2 is 1.90 bits per heavy atom. The number of fused-ring (bicyclic) bond motifs is 2. The number of hydrogen-bond acceptors (Lipinski definition) is 3. The Bertz CT molecular complexity index is 805. The van der Waals surface area contributed by atoms with E-state index in [0.29, 0.717) is 0 Å². The van der Waals surface area contributed by atoms with Crippen molar-refractivity contribution in [3.63, 3.8) is 0 Å². The van der Waals surface area contributed by atoms with Gasteiger partial charge in [0.2, 0.25) is 0 Å². The molecule has 2 aliphatic rings. The van der Waals surface area contributed by atoms with Crippen LogP contribution in [-0.4, -0.2) is 5.71 Å². The molecule has 0 bridgehead atoms. The second-order valence-corrected chi connectivity index (χ2v) is 5.03. The second-order valence-electron chi connectivity index (χ2n) is 5.03. The maximum absolute atomic E-state index is 4.17. The molecule has 1 heterocycles. The van der Waals surface area contributed by atoms with Crippen molar-refractivity contribution in [2.24, 2.45) is 15.4 Å². The first-order chi connectivity index (χ1) is 9.92. The molecule has 0 radical (unpaired) electrons. The third kappa shape index (κ3) is 1.79. The highest BCUT2D eigenvalue weighted by molar-refractivity contribution is 6.03. The molecule has 0 unspecified atom stereocenters. The van der Waals surface area contributed by atoms with Crippen LogP contribution in [0.15, 0.2) is 81.3 Å². The van der Waals surface area contributed by atoms with E-state index < -0.39 is 0 Å². The molecule has 0 saturated carbocycles. The monoisotopic (exact) mass is 259 g/mol. The first-order valence-corrected chi connectivity index (χ1v) is 6.76. The normalized spacial score (nSPS) is 16.7. The van der Waals surface area contributed by atoms with E-state index >= 15 is 0 Å². The van der Waals surface area contributed by atoms with Crippen molar-refractivity contribution < 1.29 is 0 Å². The Morgan fingerprint density at radius 1 is 1.00 bits per heavy atom. The van der Waals surface area contributed by atoms with Gasteiger partial charge in [-0.2, -0.15) is 0 Å². The number of hydrogen-bond donors (Lipinski definition) is 0. The highest BCUT2D eigenvalue weighted by Crippen LogP contribution is 2.28. The largest absolute Gasteiger partial charge is 0.133 e. The molecule has 0 spiro atoms. The average molecular weight is 259 g/mol. The van der Waals surface area contributed by atoms with Gasteiger partial charge in [-0.25, -0.2) is 0 Å². The van der Waals surface area contributed by atoms with Gasteiger partial charge in [0.1, 0.15) is 5.70 Å². The summed E-state index contributed by atoms with van der Waals surface area (Å²) in [5.41, 5.74) is 4.47. The van der Waals surface area contributed by atoms with Gasteiger partial charge in [0.25, 0.3) is 0 Å². The van der Waals surface area contributed by atoms with Crippen LogP contribution in [0.1, 0.15) is 12.0 Å². The molecule has 2 aromatic rings. The van der Waals surface area contributed by atoms with Crippen LogP contribution in [0.2, 0.25) is 0 Å². The fraction of sp³-hybridized carbons (Fsp3) is 0.118. The van der Waals surface area contributed by atoms with Gasteiger partial charge in [-0.15, -0.1) is 10.2 Å². The van der Waals surface area contributed by atoms with E-state index in [1.54, 1.807) is 0 Å². The van der Waals surface area contributed by atoms with Crippen LogP contribution in [0.25, 0.3) is 10.8 Å². The average Bonchev–Trinajstić information content (AvgIpc) is 2.97. The van der Waals surface area contributed by atoms with E-state index in [1.807, 2.05) is 0 Å². The molecule has 2 aromatic carbocycles. The summed E-state index contributed by atoms with van der Waals surface area (Å²) >= 11 is 0. The molecule has 0 amide bonds. The summed E-state index contributed by atoms with van der Waals surface area (Å²) in [7, 11) is 0. The molecule has 0 fully saturated rings. The van der Waals surface area contributed by atoms with Crippen molar-refractivity contribution in [3.8, 4) is 0 Å². The zero-order chi connectivity index (χ0) is 13.4. The lowest BCUT2D eigenvalue weighted by Gasteiger charge is -2.12. The molecule has 1 aliphatic carbocycles. The van der Waals surface area contributed by atoms with Crippen LogP contribution < -0.4 is 0 Å². The highest BCUT2D eigenvalue weighted by atomic mass is 15.4. The van der Waals surface area contributed by atoms with Crippen molar-refractivity contribution >= 4 is 16.5 Å². The van der Waals surface area contributed by atoms with Gasteiger partial charge in [0, 0.05) is 12.8 Å². The van der Waals surface area contributed by atoms with Crippen LogP contribution in [0.3, 0.4) is 0 Å². The molecule has 96 valence electrons. The molecular weight excluding hydrogens is 246 g/mol. The lowest BCUT2D eigenvalue weighted by Crippen LogP contribution is -2.05. The summed E-state index contributed by atoms with van der Waals surface area (Å²) in [5.74, 6) is 0. The van der Waals surface area contributed by atoms with Gasteiger partial charge < -0.3 is 0 Å². The molecule has 0 aromatic heterocycles. The Kier molecular flexibility index (Phi) is 2.56. The van der Waals surface area contributed by atoms with Crippen molar-refractivity contribution in [1.29, 1.82) is 0 Å². The minimum Gasteiger partial charge on any atom is -0.133 e. The Hall–Kier alpha value is -2.55. The second kappa shape index (κ2) is 4.53. The molecule has 1 aliphatic heterocycles. The van der Waals surface area contributed by atoms with Crippen LogP contribution in [0, 0.1) is 0 Å². The molecule has 0 N–H and O–H groups in total. The number of allylic oxidation sites excluding steroid dienone is 4. The van der Waals surface area contributed by atoms with Crippen molar-refractivity contribution in [2.45, 2.75) is 12.8 Å². The molecular formula is C17H13N3. The smallest absolute Gasteiger partial charge is 0.115 e. The number of rotatable bonds is 2. The third-order valence-electron chi connectivity index (χ3n) is 3.78. The number of nitrogens with zero attached hydrogens (tertiary/aromatic N) is 3. The zero-order valence-electron chi connectivity index (χ0n) is 11.0. The van der Waals surface area contributed by atoms with Gasteiger partial charge in [0.05, 0.1) is 5.71 Å². The molecule has 4 rings (SSSR count). The van der Waals surface area contributed by atoms with Crippen LogP contribution in [-0.2, 0) is 6.42 Å². The Morgan fingerprint density at radius 3 is 2.90 bits per heavy atom. The quantitative estimate of drug-likeness (QED) is 0.765. The summed E-state index contributed by atoms with van der Waals surface area (Å²) in [6.45, 7) is 0. The van der Waals surface area contributed by atoms with E-state index in [-0.39, 0.29) is 0 Å². The predicted molar refractivity (Wildman–Crippen MR) is 80.7 cm³/mol. The SMILES string of the molecule is C1=CC(Cc2cccc3ccccc23)=C2N=NN=C2C1. The Balaban J connectivity index is 1.80. The van der Waals surface area contributed by atoms with E-state index in [4.69, 9.17) is 0 Å². The van der Waals surface area contributed by atoms with Crippen LogP contribution >= 0.6 is 0 Å². The third-order valence-corrected chi connectivity index (χ3v) is 3.78. The highest BCUT2D eigenvalue weighted by Gasteiger charge is 2.19. The molecule has 20 heavy (non-hydrogen) atoms. The topological polar surface area (TPSA) is 37.1 Å². The maximum Gasteiger partial charge on any atom is 0.115 e. The fourth-order valence-electron chi connectivity index (χ4n) is 2.80. The van der Waals surface area contributed by atoms with Gasteiger partial charge in [-0.05, 0) is 27.1 Å². The number of benzene rings is 2. The van der Waals surface area contributed by atoms with Gasteiger partial charge in [0.15, 0.2) is 0 Å². The summed E-state index contributed by atoms with van der Waals surface area (Å²) in [6, 6.07) is 14.9. The van der Waals surface area contributed by atoms with Crippen molar-refractivity contribution in [3.05, 3.63) is 71.5 Å². The molecule has 3 heteroatoms. The van der Waals surface area contributed by atoms with E-state index in [0.717, 1.165) is 24.3 Å². The minimum absolute atomic E-state index is 0.835. The van der Waals surface area contributed by atoms with Crippen LogP contribution in [0.4, 0.5) is 0 Å². The first-order valence-electron chi connectivity index (χ1n) is 6.76. The molecule has 0 atom stereocenters. The van der Waals surface area contributed by atoms with E-state index in [2.05, 4.69) is 70.1 Å². The van der Waals surface area contributed by atoms with Gasteiger partial charge >= 0.3 is 0 Å². The maximum atomic E-state index is 4.17. The van der Waals surface area contributed by atoms with Crippen molar-refractivity contribution in [2.75, 3.05) is 0 Å². The summed E-state index contributed by atoms with van der Waals surface area (Å²) < 4.78 is 0. The summed E-state index contributed by atoms with van der Waals surface area (Å²) in [6.07, 6.45) is 5.99. The summed E-state index contributed by atoms with van der Waals surface area (Å²) in [4.78, 5) is 0. The predicted octanol–water partition coefficient (Wildman–Crippen LogP) is 4.42. The summed E-state index contributed by atoms with van der Waals surface area (Å²) in [5, 5.41) is 14.6. The van der Waals surface area contributed by atoms with Gasteiger partial charge in [-0.3, -0.25) is 0 Å². The standard InChI is InChI=1S/C17H13N3/c1-2-9-15-12(5-1)6-3-7-13(15)11-14-8-4-10-16-17(14)19-20-18-16/h1-9H,10-11H2. The first kappa shape index (κ1) is 11.3. The minimum atomic E-state index is 0.835. The zero-order valence-corrected chi connectivity index (χ0v) is 11.0. The van der Waals surface area contributed by atoms with Crippen LogP contribution in [0.5, 0.6) is 0 Å². The van der Waals surface area contributed by atoms with Gasteiger partial charge in [-0.1, -0.05) is 54.6 Å². The Labute approximate surface area is 117 Å². The van der Waals surface area contributed by atoms with E-state index in [1.165, 1.54) is 21.9 Å².